The number of hydrogen-bond acceptors (Lipinski definition) is 3. The van der Waals surface area contributed by atoms with E-state index in [4.69, 9.17) is 5.11 Å². The van der Waals surface area contributed by atoms with E-state index in [1.54, 1.807) is 11.0 Å². The summed E-state index contributed by atoms with van der Waals surface area (Å²) in [7, 11) is 2.04. The van der Waals surface area contributed by atoms with Crippen molar-refractivity contribution in [2.24, 2.45) is 0 Å². The van der Waals surface area contributed by atoms with Crippen LogP contribution in [0, 0.1) is 0 Å². The third kappa shape index (κ3) is 4.18. The molecule has 1 heterocycles. The number of halogens is 1. The van der Waals surface area contributed by atoms with E-state index in [-0.39, 0.29) is 11.6 Å². The minimum Gasteiger partial charge on any atom is -0.478 e. The predicted octanol–water partition coefficient (Wildman–Crippen LogP) is 2.32. The smallest absolute Gasteiger partial charge is 0.335 e. The van der Waals surface area contributed by atoms with Crippen LogP contribution in [0.25, 0.3) is 0 Å². The predicted molar refractivity (Wildman–Crippen MR) is 83.8 cm³/mol. The number of likely N-dealkylation sites (N-methyl/N-ethyl adjacent to an activating group) is 1. The highest BCUT2D eigenvalue weighted by Gasteiger charge is 2.18. The molecule has 1 aromatic rings. The summed E-state index contributed by atoms with van der Waals surface area (Å²) in [5, 5.41) is 11.8. The van der Waals surface area contributed by atoms with Crippen molar-refractivity contribution in [1.29, 1.82) is 0 Å². The molecular weight excluding hydrogens is 338 g/mol. The molecule has 0 saturated carbocycles. The fourth-order valence-electron chi connectivity index (χ4n) is 2.20. The number of amides is 2. The Morgan fingerprint density at radius 3 is 2.71 bits per heavy atom. The molecule has 2 rings (SSSR count). The highest BCUT2D eigenvalue weighted by molar-refractivity contribution is 9.10. The molecule has 0 spiro atoms. The van der Waals surface area contributed by atoms with Gasteiger partial charge in [0, 0.05) is 24.1 Å². The molecule has 0 radical (unpaired) electrons. The Bertz CT molecular complexity index is 550. The molecule has 114 valence electrons. The van der Waals surface area contributed by atoms with E-state index in [1.165, 1.54) is 12.1 Å². The van der Waals surface area contributed by atoms with Crippen LogP contribution in [0.15, 0.2) is 22.7 Å². The summed E-state index contributed by atoms with van der Waals surface area (Å²) in [6, 6.07) is 4.36. The van der Waals surface area contributed by atoms with E-state index in [0.717, 1.165) is 19.5 Å². The average molecular weight is 356 g/mol. The van der Waals surface area contributed by atoms with Crippen molar-refractivity contribution in [3.05, 3.63) is 28.2 Å². The molecule has 1 fully saturated rings. The van der Waals surface area contributed by atoms with Gasteiger partial charge in [0.2, 0.25) is 0 Å². The van der Waals surface area contributed by atoms with Crippen LogP contribution in [0.3, 0.4) is 0 Å². The van der Waals surface area contributed by atoms with Crippen molar-refractivity contribution >= 4 is 33.6 Å². The molecule has 0 atom stereocenters. The molecule has 21 heavy (non-hydrogen) atoms. The van der Waals surface area contributed by atoms with Gasteiger partial charge in [0.05, 0.1) is 11.3 Å². The van der Waals surface area contributed by atoms with Crippen molar-refractivity contribution in [2.75, 3.05) is 38.5 Å². The molecule has 1 aliphatic heterocycles. The average Bonchev–Trinajstić information content (AvgIpc) is 2.65. The van der Waals surface area contributed by atoms with Gasteiger partial charge in [-0.05, 0) is 54.1 Å². The van der Waals surface area contributed by atoms with Gasteiger partial charge in [-0.15, -0.1) is 0 Å². The first kappa shape index (κ1) is 15.8. The minimum absolute atomic E-state index is 0.143. The van der Waals surface area contributed by atoms with Crippen LogP contribution in [0.2, 0.25) is 0 Å². The third-order valence-corrected chi connectivity index (χ3v) is 4.15. The van der Waals surface area contributed by atoms with Gasteiger partial charge in [-0.25, -0.2) is 9.59 Å². The SMILES string of the molecule is CN1CCCN(C(=O)Nc2cc(C(=O)O)ccc2Br)CC1. The van der Waals surface area contributed by atoms with Gasteiger partial charge in [0.15, 0.2) is 0 Å². The van der Waals surface area contributed by atoms with Gasteiger partial charge < -0.3 is 20.2 Å². The number of carboxylic acid groups (broad SMARTS) is 1. The van der Waals surface area contributed by atoms with Crippen LogP contribution >= 0.6 is 15.9 Å². The van der Waals surface area contributed by atoms with Crippen LogP contribution in [-0.2, 0) is 0 Å². The van der Waals surface area contributed by atoms with Crippen LogP contribution in [-0.4, -0.2) is 60.1 Å². The van der Waals surface area contributed by atoms with Gasteiger partial charge in [0.1, 0.15) is 0 Å². The first-order chi connectivity index (χ1) is 9.97. The second-order valence-corrected chi connectivity index (χ2v) is 5.93. The number of hydrogen-bond donors (Lipinski definition) is 2. The molecule has 0 aromatic heterocycles. The van der Waals surface area contributed by atoms with Crippen molar-refractivity contribution in [1.82, 2.24) is 9.80 Å². The standard InChI is InChI=1S/C14H18BrN3O3/c1-17-5-2-6-18(8-7-17)14(21)16-12-9-10(13(19)20)3-4-11(12)15/h3-4,9H,2,5-8H2,1H3,(H,16,21)(H,19,20). The fourth-order valence-corrected chi connectivity index (χ4v) is 2.54. The molecule has 6 nitrogen and oxygen atoms in total. The van der Waals surface area contributed by atoms with Crippen LogP contribution in [0.4, 0.5) is 10.5 Å². The normalized spacial score (nSPS) is 16.4. The maximum Gasteiger partial charge on any atom is 0.335 e. The topological polar surface area (TPSA) is 72.9 Å². The van der Waals surface area contributed by atoms with Crippen LogP contribution < -0.4 is 5.32 Å². The van der Waals surface area contributed by atoms with Crippen molar-refractivity contribution in [2.45, 2.75) is 6.42 Å². The number of rotatable bonds is 2. The van der Waals surface area contributed by atoms with E-state index in [2.05, 4.69) is 26.1 Å². The second-order valence-electron chi connectivity index (χ2n) is 5.07. The van der Waals surface area contributed by atoms with Gasteiger partial charge in [-0.2, -0.15) is 0 Å². The number of nitrogens with one attached hydrogen (secondary N) is 1. The lowest BCUT2D eigenvalue weighted by molar-refractivity contribution is 0.0697. The monoisotopic (exact) mass is 355 g/mol. The molecule has 2 N–H and O–H groups in total. The lowest BCUT2D eigenvalue weighted by Gasteiger charge is -2.21. The Kier molecular flexibility index (Phi) is 5.19. The first-order valence-electron chi connectivity index (χ1n) is 6.74. The molecule has 0 unspecified atom stereocenters. The summed E-state index contributed by atoms with van der Waals surface area (Å²) in [6.45, 7) is 3.18. The second kappa shape index (κ2) is 6.91. The zero-order chi connectivity index (χ0) is 15.4. The van der Waals surface area contributed by atoms with Gasteiger partial charge in [-0.3, -0.25) is 0 Å². The number of carbonyl (C=O) groups excluding carboxylic acids is 1. The highest BCUT2D eigenvalue weighted by atomic mass is 79.9. The molecule has 1 saturated heterocycles. The van der Waals surface area contributed by atoms with E-state index < -0.39 is 5.97 Å². The Morgan fingerprint density at radius 2 is 2.00 bits per heavy atom. The van der Waals surface area contributed by atoms with Crippen LogP contribution in [0.1, 0.15) is 16.8 Å². The number of urea groups is 1. The summed E-state index contributed by atoms with van der Waals surface area (Å²) >= 11 is 3.32. The van der Waals surface area contributed by atoms with E-state index in [9.17, 15) is 9.59 Å². The molecule has 1 aliphatic rings. The Labute approximate surface area is 131 Å². The summed E-state index contributed by atoms with van der Waals surface area (Å²) < 4.78 is 0.660. The zero-order valence-electron chi connectivity index (χ0n) is 11.8. The van der Waals surface area contributed by atoms with E-state index in [1.807, 2.05) is 7.05 Å². The minimum atomic E-state index is -1.02. The quantitative estimate of drug-likeness (QED) is 0.853. The Hall–Kier alpha value is -1.60. The number of benzene rings is 1. The van der Waals surface area contributed by atoms with Gasteiger partial charge in [-0.1, -0.05) is 0 Å². The number of aromatic carboxylic acids is 1. The number of nitrogens with zero attached hydrogens (tertiary/aromatic N) is 2. The molecule has 0 aliphatic carbocycles. The number of carbonyl (C=O) groups is 2. The largest absolute Gasteiger partial charge is 0.478 e. The first-order valence-corrected chi connectivity index (χ1v) is 7.54. The molecular formula is C14H18BrN3O3. The van der Waals surface area contributed by atoms with Crippen molar-refractivity contribution in [3.8, 4) is 0 Å². The molecule has 1 aromatic carbocycles. The number of anilines is 1. The third-order valence-electron chi connectivity index (χ3n) is 3.46. The number of carboxylic acids is 1. The Balaban J connectivity index is 2.08. The Morgan fingerprint density at radius 1 is 1.24 bits per heavy atom. The van der Waals surface area contributed by atoms with Gasteiger partial charge >= 0.3 is 12.0 Å². The maximum absolute atomic E-state index is 12.3. The van der Waals surface area contributed by atoms with Crippen molar-refractivity contribution in [3.63, 3.8) is 0 Å². The van der Waals surface area contributed by atoms with E-state index >= 15 is 0 Å². The summed E-state index contributed by atoms with van der Waals surface area (Å²) in [5.41, 5.74) is 0.613. The van der Waals surface area contributed by atoms with E-state index in [0.29, 0.717) is 23.2 Å². The summed E-state index contributed by atoms with van der Waals surface area (Å²) in [6.07, 6.45) is 0.931. The maximum atomic E-state index is 12.3. The molecule has 0 bridgehead atoms. The zero-order valence-corrected chi connectivity index (χ0v) is 13.4. The molecule has 2 amide bonds. The highest BCUT2D eigenvalue weighted by Crippen LogP contribution is 2.24. The molecule has 7 heteroatoms. The fraction of sp³-hybridized carbons (Fsp3) is 0.429. The van der Waals surface area contributed by atoms with Crippen LogP contribution in [0.5, 0.6) is 0 Å². The van der Waals surface area contributed by atoms with Gasteiger partial charge in [0.25, 0.3) is 0 Å². The lowest BCUT2D eigenvalue weighted by Crippen LogP contribution is -2.37. The summed E-state index contributed by atoms with van der Waals surface area (Å²) in [5.74, 6) is -1.02. The lowest BCUT2D eigenvalue weighted by atomic mass is 10.2. The summed E-state index contributed by atoms with van der Waals surface area (Å²) in [4.78, 5) is 27.2. The van der Waals surface area contributed by atoms with Crippen molar-refractivity contribution < 1.29 is 14.7 Å².